The van der Waals surface area contributed by atoms with Crippen LogP contribution in [0.15, 0.2) is 11.6 Å². The second-order valence-electron chi connectivity index (χ2n) is 6.67. The summed E-state index contributed by atoms with van der Waals surface area (Å²) < 4.78 is 57.5. The molecule has 0 aromatic heterocycles. The number of carbonyl (C=O) groups excluding carboxylic acids is 1. The maximum Gasteiger partial charge on any atom is 0.348 e. The van der Waals surface area contributed by atoms with E-state index in [1.54, 1.807) is 0 Å². The first-order valence-corrected chi connectivity index (χ1v) is 8.56. The summed E-state index contributed by atoms with van der Waals surface area (Å²) in [6.07, 6.45) is 3.39. The number of rotatable bonds is 7. The third-order valence-corrected chi connectivity index (χ3v) is 4.07. The lowest BCUT2D eigenvalue weighted by Crippen LogP contribution is -2.29. The molecule has 7 heteroatoms. The van der Waals surface area contributed by atoms with Crippen LogP contribution in [-0.2, 0) is 4.74 Å². The Kier molecular flexibility index (Phi) is 6.56. The molecule has 0 saturated heterocycles. The molecule has 144 valence electrons. The summed E-state index contributed by atoms with van der Waals surface area (Å²) in [7, 11) is 0. The van der Waals surface area contributed by atoms with Gasteiger partial charge in [0, 0.05) is 6.92 Å². The number of allylic oxidation sites excluding steroid dienone is 2. The topological polar surface area (TPSA) is 44.8 Å². The molecule has 0 saturated carbocycles. The Morgan fingerprint density at radius 1 is 1.15 bits per heavy atom. The Morgan fingerprint density at radius 3 is 2.50 bits per heavy atom. The van der Waals surface area contributed by atoms with Gasteiger partial charge in [-0.1, -0.05) is 18.6 Å². The molecular formula is C19H23F3O4. The van der Waals surface area contributed by atoms with Gasteiger partial charge in [0.25, 0.3) is 0 Å². The fourth-order valence-electron chi connectivity index (χ4n) is 2.60. The van der Waals surface area contributed by atoms with Gasteiger partial charge >= 0.3 is 5.97 Å². The smallest absolute Gasteiger partial charge is 0.348 e. The summed E-state index contributed by atoms with van der Waals surface area (Å²) in [6.45, 7) is 7.40. The van der Waals surface area contributed by atoms with E-state index in [-0.39, 0.29) is 12.5 Å². The Bertz CT molecular complexity index is 711. The van der Waals surface area contributed by atoms with Crippen molar-refractivity contribution in [3.63, 3.8) is 0 Å². The summed E-state index contributed by atoms with van der Waals surface area (Å²) in [5.74, 6) is -6.80. The van der Waals surface area contributed by atoms with Gasteiger partial charge in [-0.3, -0.25) is 0 Å². The molecule has 1 aliphatic rings. The number of esters is 1. The average molecular weight is 372 g/mol. The van der Waals surface area contributed by atoms with Gasteiger partial charge in [0.05, 0.1) is 6.61 Å². The molecule has 0 aliphatic carbocycles. The number of ether oxygens (including phenoxy) is 3. The second kappa shape index (κ2) is 8.47. The molecule has 1 aromatic carbocycles. The highest BCUT2D eigenvalue weighted by atomic mass is 19.2. The number of halogens is 3. The maximum absolute atomic E-state index is 14.5. The van der Waals surface area contributed by atoms with Crippen LogP contribution in [0.25, 0.3) is 0 Å². The van der Waals surface area contributed by atoms with Crippen LogP contribution >= 0.6 is 0 Å². The molecule has 1 unspecified atom stereocenters. The Morgan fingerprint density at radius 2 is 1.85 bits per heavy atom. The molecule has 2 rings (SSSR count). The molecule has 1 heterocycles. The monoisotopic (exact) mass is 372 g/mol. The van der Waals surface area contributed by atoms with Crippen LogP contribution in [0.1, 0.15) is 57.3 Å². The van der Waals surface area contributed by atoms with Gasteiger partial charge < -0.3 is 14.2 Å². The Labute approximate surface area is 150 Å². The SMILES string of the molecule is CC(C)=CCC[C@H](C)CCOc1c(F)c(F)c2c(c1F)OC(C)OC2=O. The van der Waals surface area contributed by atoms with E-state index < -0.39 is 46.8 Å². The first-order valence-electron chi connectivity index (χ1n) is 8.56. The highest BCUT2D eigenvalue weighted by Gasteiger charge is 2.37. The molecule has 0 fully saturated rings. The minimum atomic E-state index is -1.56. The summed E-state index contributed by atoms with van der Waals surface area (Å²) in [5.41, 5.74) is 0.343. The summed E-state index contributed by atoms with van der Waals surface area (Å²) in [5, 5.41) is 0. The van der Waals surface area contributed by atoms with Gasteiger partial charge in [0.2, 0.25) is 17.9 Å². The molecule has 26 heavy (non-hydrogen) atoms. The lowest BCUT2D eigenvalue weighted by molar-refractivity contribution is -0.0521. The van der Waals surface area contributed by atoms with Crippen molar-refractivity contribution in [2.45, 2.75) is 53.2 Å². The lowest BCUT2D eigenvalue weighted by atomic mass is 10.0. The van der Waals surface area contributed by atoms with Gasteiger partial charge in [0.1, 0.15) is 5.56 Å². The molecule has 0 N–H and O–H groups in total. The van der Waals surface area contributed by atoms with Crippen molar-refractivity contribution in [1.82, 2.24) is 0 Å². The third kappa shape index (κ3) is 4.51. The minimum absolute atomic E-state index is 0.0159. The van der Waals surface area contributed by atoms with E-state index in [4.69, 9.17) is 9.47 Å². The number of hydrogen-bond acceptors (Lipinski definition) is 4. The van der Waals surface area contributed by atoms with Gasteiger partial charge in [-0.2, -0.15) is 8.78 Å². The molecule has 2 atom stereocenters. The van der Waals surface area contributed by atoms with Crippen molar-refractivity contribution in [1.29, 1.82) is 0 Å². The van der Waals surface area contributed by atoms with Crippen molar-refractivity contribution in [2.75, 3.05) is 6.61 Å². The van der Waals surface area contributed by atoms with Crippen molar-refractivity contribution < 1.29 is 32.2 Å². The molecule has 0 bridgehead atoms. The van der Waals surface area contributed by atoms with E-state index in [2.05, 4.69) is 10.8 Å². The van der Waals surface area contributed by atoms with E-state index >= 15 is 0 Å². The van der Waals surface area contributed by atoms with Gasteiger partial charge in [-0.05, 0) is 39.0 Å². The standard InChI is InChI=1S/C19H23F3O4/c1-10(2)6-5-7-11(3)8-9-24-18-15(21)14(20)13-17(16(18)22)25-12(4)26-19(13)23/h6,11-12H,5,7-9H2,1-4H3/t11-,12?/m0/s1. The van der Waals surface area contributed by atoms with Gasteiger partial charge in [-0.25, -0.2) is 9.18 Å². The van der Waals surface area contributed by atoms with Crippen LogP contribution in [0.2, 0.25) is 0 Å². The third-order valence-electron chi connectivity index (χ3n) is 4.07. The zero-order valence-corrected chi connectivity index (χ0v) is 15.3. The molecule has 1 aromatic rings. The van der Waals surface area contributed by atoms with E-state index in [0.717, 1.165) is 12.8 Å². The van der Waals surface area contributed by atoms with E-state index in [1.807, 2.05) is 20.8 Å². The van der Waals surface area contributed by atoms with Crippen LogP contribution in [0.3, 0.4) is 0 Å². The van der Waals surface area contributed by atoms with Crippen LogP contribution < -0.4 is 9.47 Å². The van der Waals surface area contributed by atoms with Crippen LogP contribution in [-0.4, -0.2) is 18.9 Å². The first-order chi connectivity index (χ1) is 12.2. The molecule has 0 amide bonds. The molecule has 4 nitrogen and oxygen atoms in total. The largest absolute Gasteiger partial charge is 0.487 e. The van der Waals surface area contributed by atoms with Gasteiger partial charge in [-0.15, -0.1) is 0 Å². The predicted octanol–water partition coefficient (Wildman–Crippen LogP) is 5.15. The van der Waals surface area contributed by atoms with Crippen molar-refractivity contribution in [3.05, 3.63) is 34.7 Å². The fourth-order valence-corrected chi connectivity index (χ4v) is 2.60. The molecule has 1 aliphatic heterocycles. The van der Waals surface area contributed by atoms with Crippen LogP contribution in [0.4, 0.5) is 13.2 Å². The lowest BCUT2D eigenvalue weighted by Gasteiger charge is -2.24. The molecular weight excluding hydrogens is 349 g/mol. The van der Waals surface area contributed by atoms with Crippen molar-refractivity contribution in [3.8, 4) is 11.5 Å². The highest BCUT2D eigenvalue weighted by Crippen LogP contribution is 2.39. The summed E-state index contributed by atoms with van der Waals surface area (Å²) >= 11 is 0. The summed E-state index contributed by atoms with van der Waals surface area (Å²) in [4.78, 5) is 11.7. The number of benzene rings is 1. The summed E-state index contributed by atoms with van der Waals surface area (Å²) in [6, 6.07) is 0. The van der Waals surface area contributed by atoms with E-state index in [9.17, 15) is 18.0 Å². The molecule has 0 spiro atoms. The maximum atomic E-state index is 14.5. The number of carbonyl (C=O) groups is 1. The number of fused-ring (bicyclic) bond motifs is 1. The van der Waals surface area contributed by atoms with Crippen LogP contribution in [0, 0.1) is 23.4 Å². The molecule has 0 radical (unpaired) electrons. The predicted molar refractivity (Wildman–Crippen MR) is 89.8 cm³/mol. The van der Waals surface area contributed by atoms with Crippen molar-refractivity contribution in [2.24, 2.45) is 5.92 Å². The van der Waals surface area contributed by atoms with Gasteiger partial charge in [0.15, 0.2) is 17.3 Å². The van der Waals surface area contributed by atoms with E-state index in [0.29, 0.717) is 6.42 Å². The zero-order chi connectivity index (χ0) is 19.4. The Balaban J connectivity index is 2.08. The van der Waals surface area contributed by atoms with Crippen molar-refractivity contribution >= 4 is 5.97 Å². The average Bonchev–Trinajstić information content (AvgIpc) is 2.55. The zero-order valence-electron chi connectivity index (χ0n) is 15.3. The fraction of sp³-hybridized carbons (Fsp3) is 0.526. The first kappa shape index (κ1) is 20.1. The normalized spacial score (nSPS) is 17.0. The second-order valence-corrected chi connectivity index (χ2v) is 6.67. The minimum Gasteiger partial charge on any atom is -0.487 e. The van der Waals surface area contributed by atoms with E-state index in [1.165, 1.54) is 12.5 Å². The Hall–Kier alpha value is -2.18. The quantitative estimate of drug-likeness (QED) is 0.377. The van der Waals surface area contributed by atoms with Crippen LogP contribution in [0.5, 0.6) is 11.5 Å². The number of cyclic esters (lactones) is 1. The number of hydrogen-bond donors (Lipinski definition) is 0. The highest BCUT2D eigenvalue weighted by molar-refractivity contribution is 5.94.